The lowest BCUT2D eigenvalue weighted by molar-refractivity contribution is -0.114. The number of nitrogens with one attached hydrogen (secondary N) is 2. The van der Waals surface area contributed by atoms with E-state index in [0.717, 1.165) is 16.6 Å². The van der Waals surface area contributed by atoms with E-state index in [1.807, 2.05) is 6.07 Å². The molecule has 0 bridgehead atoms. The van der Waals surface area contributed by atoms with Crippen LogP contribution in [0.1, 0.15) is 4.88 Å². The number of carbonyl (C=O) groups excluding carboxylic acids is 1. The van der Waals surface area contributed by atoms with Crippen LogP contribution in [0.15, 0.2) is 51.8 Å². The van der Waals surface area contributed by atoms with Crippen molar-refractivity contribution in [2.24, 2.45) is 4.99 Å². The predicted molar refractivity (Wildman–Crippen MR) is 119 cm³/mol. The van der Waals surface area contributed by atoms with Gasteiger partial charge in [-0.2, -0.15) is 0 Å². The molecule has 158 valence electrons. The standard InChI is InChI=1S/C22H19N3O5S/c1-28-15-5-4-12-6-13(21(26)24-18(12)11-15)7-19-20(25-22(27)31-19)23-14-8-16(29-2)10-17(9-14)30-3/h4-11,23H,1-3H3,(H,25,27)/b13-7-. The molecule has 4 rings (SSSR count). The molecular weight excluding hydrogens is 418 g/mol. The summed E-state index contributed by atoms with van der Waals surface area (Å²) >= 11 is 0.990. The van der Waals surface area contributed by atoms with Crippen molar-refractivity contribution in [3.05, 3.63) is 67.1 Å². The molecule has 2 aromatic carbocycles. The van der Waals surface area contributed by atoms with Crippen LogP contribution in [0.25, 0.3) is 12.2 Å². The summed E-state index contributed by atoms with van der Waals surface area (Å²) in [5.41, 5.74) is 1.03. The van der Waals surface area contributed by atoms with Crippen molar-refractivity contribution in [2.45, 2.75) is 0 Å². The van der Waals surface area contributed by atoms with Gasteiger partial charge in [-0.3, -0.25) is 14.6 Å². The van der Waals surface area contributed by atoms with Gasteiger partial charge in [-0.1, -0.05) is 11.3 Å². The van der Waals surface area contributed by atoms with Crippen molar-refractivity contribution >= 4 is 40.9 Å². The predicted octanol–water partition coefficient (Wildman–Crippen LogP) is 2.23. The SMILES string of the molecule is COc1cc(Nc2[nH]c(=O)sc2/C=C2/C=c3ccc(OC)cc3=NC2=O)cc(OC)c1. The van der Waals surface area contributed by atoms with E-state index in [0.29, 0.717) is 44.6 Å². The molecule has 0 spiro atoms. The first-order valence-electron chi connectivity index (χ1n) is 9.23. The molecule has 1 amide bonds. The molecule has 8 nitrogen and oxygen atoms in total. The van der Waals surface area contributed by atoms with Crippen LogP contribution in [0.5, 0.6) is 17.2 Å². The Labute approximate surface area is 181 Å². The van der Waals surface area contributed by atoms with Crippen molar-refractivity contribution in [3.63, 3.8) is 0 Å². The van der Waals surface area contributed by atoms with Crippen molar-refractivity contribution in [3.8, 4) is 17.2 Å². The Bertz CT molecular complexity index is 1350. The first-order valence-corrected chi connectivity index (χ1v) is 10.0. The van der Waals surface area contributed by atoms with Crippen LogP contribution < -0.4 is 35.0 Å². The summed E-state index contributed by atoms with van der Waals surface area (Å²) in [5.74, 6) is 1.89. The van der Waals surface area contributed by atoms with Gasteiger partial charge in [0.05, 0.1) is 31.6 Å². The number of nitrogens with zero attached hydrogens (tertiary/aromatic N) is 1. The van der Waals surface area contributed by atoms with E-state index in [4.69, 9.17) is 14.2 Å². The number of aromatic nitrogens is 1. The quantitative estimate of drug-likeness (QED) is 0.574. The number of amides is 1. The second kappa shape index (κ2) is 8.49. The Morgan fingerprint density at radius 2 is 1.68 bits per heavy atom. The van der Waals surface area contributed by atoms with Gasteiger partial charge in [0, 0.05) is 40.7 Å². The average Bonchev–Trinajstić information content (AvgIpc) is 3.11. The maximum Gasteiger partial charge on any atom is 0.306 e. The Morgan fingerprint density at radius 1 is 0.968 bits per heavy atom. The number of thiazole rings is 1. The van der Waals surface area contributed by atoms with Gasteiger partial charge in [0.1, 0.15) is 23.1 Å². The first-order chi connectivity index (χ1) is 15.0. The summed E-state index contributed by atoms with van der Waals surface area (Å²) in [6.07, 6.45) is 3.38. The fourth-order valence-corrected chi connectivity index (χ4v) is 3.82. The number of H-pyrrole nitrogens is 1. The lowest BCUT2D eigenvalue weighted by atomic mass is 10.1. The van der Waals surface area contributed by atoms with Gasteiger partial charge in [0.2, 0.25) is 0 Å². The zero-order chi connectivity index (χ0) is 22.0. The topological polar surface area (TPSA) is 102 Å². The minimum absolute atomic E-state index is 0.255. The summed E-state index contributed by atoms with van der Waals surface area (Å²) < 4.78 is 15.8. The number of carbonyl (C=O) groups is 1. The number of rotatable bonds is 6. The highest BCUT2D eigenvalue weighted by Crippen LogP contribution is 2.30. The number of hydrogen-bond donors (Lipinski definition) is 2. The fraction of sp³-hybridized carbons (Fsp3) is 0.136. The highest BCUT2D eigenvalue weighted by molar-refractivity contribution is 7.10. The van der Waals surface area contributed by atoms with Crippen molar-refractivity contribution in [2.75, 3.05) is 26.6 Å². The molecule has 0 aliphatic carbocycles. The molecule has 0 radical (unpaired) electrons. The lowest BCUT2D eigenvalue weighted by Crippen LogP contribution is -2.30. The monoisotopic (exact) mass is 437 g/mol. The fourth-order valence-electron chi connectivity index (χ4n) is 3.08. The number of benzene rings is 2. The van der Waals surface area contributed by atoms with E-state index in [-0.39, 0.29) is 4.87 Å². The van der Waals surface area contributed by atoms with Gasteiger partial charge in [0.15, 0.2) is 0 Å². The molecule has 9 heteroatoms. The second-order valence-corrected chi connectivity index (χ2v) is 7.58. The number of aromatic amines is 1. The number of ether oxygens (including phenoxy) is 3. The molecule has 0 unspecified atom stereocenters. The van der Waals surface area contributed by atoms with Gasteiger partial charge >= 0.3 is 4.87 Å². The molecule has 0 saturated carbocycles. The lowest BCUT2D eigenvalue weighted by Gasteiger charge is -2.10. The van der Waals surface area contributed by atoms with E-state index in [9.17, 15) is 9.59 Å². The molecule has 1 aromatic heterocycles. The summed E-state index contributed by atoms with van der Waals surface area (Å²) in [6.45, 7) is 0. The van der Waals surface area contributed by atoms with E-state index in [1.54, 1.807) is 63.8 Å². The molecule has 0 atom stereocenters. The molecule has 31 heavy (non-hydrogen) atoms. The normalized spacial score (nSPS) is 13.8. The van der Waals surface area contributed by atoms with Crippen LogP contribution in [0.3, 0.4) is 0 Å². The highest BCUT2D eigenvalue weighted by atomic mass is 32.1. The van der Waals surface area contributed by atoms with Crippen LogP contribution in [0.2, 0.25) is 0 Å². The van der Waals surface area contributed by atoms with Gasteiger partial charge in [0.25, 0.3) is 5.91 Å². The summed E-state index contributed by atoms with van der Waals surface area (Å²) in [6, 6.07) is 10.6. The summed E-state index contributed by atoms with van der Waals surface area (Å²) in [5, 5.41) is 4.50. The van der Waals surface area contributed by atoms with Crippen LogP contribution in [-0.2, 0) is 4.79 Å². The number of hydrogen-bond acceptors (Lipinski definition) is 7. The maximum atomic E-state index is 12.6. The summed E-state index contributed by atoms with van der Waals surface area (Å²) in [7, 11) is 4.67. The zero-order valence-electron chi connectivity index (χ0n) is 17.0. The average molecular weight is 437 g/mol. The minimum atomic E-state index is -0.393. The van der Waals surface area contributed by atoms with Crippen molar-refractivity contribution in [1.29, 1.82) is 0 Å². The maximum absolute atomic E-state index is 12.6. The Balaban J connectivity index is 1.72. The second-order valence-electron chi connectivity index (χ2n) is 6.57. The van der Waals surface area contributed by atoms with Crippen LogP contribution >= 0.6 is 11.3 Å². The number of anilines is 2. The largest absolute Gasteiger partial charge is 0.497 e. The third-order valence-corrected chi connectivity index (χ3v) is 5.43. The molecule has 0 saturated heterocycles. The number of fused-ring (bicyclic) bond motifs is 1. The molecular formula is C22H19N3O5S. The van der Waals surface area contributed by atoms with E-state index in [1.165, 1.54) is 0 Å². The Morgan fingerprint density at radius 3 is 2.35 bits per heavy atom. The molecule has 3 aromatic rings. The van der Waals surface area contributed by atoms with Crippen LogP contribution in [0.4, 0.5) is 11.5 Å². The zero-order valence-corrected chi connectivity index (χ0v) is 17.8. The van der Waals surface area contributed by atoms with Gasteiger partial charge in [-0.25, -0.2) is 4.99 Å². The van der Waals surface area contributed by atoms with Gasteiger partial charge in [-0.15, -0.1) is 0 Å². The summed E-state index contributed by atoms with van der Waals surface area (Å²) in [4.78, 5) is 31.8. The molecule has 1 aliphatic rings. The van der Waals surface area contributed by atoms with Crippen molar-refractivity contribution < 1.29 is 19.0 Å². The van der Waals surface area contributed by atoms with E-state index in [2.05, 4.69) is 15.3 Å². The first kappa shape index (κ1) is 20.4. The van der Waals surface area contributed by atoms with Crippen LogP contribution in [0, 0.1) is 0 Å². The molecule has 1 aliphatic heterocycles. The molecule has 2 heterocycles. The molecule has 2 N–H and O–H groups in total. The third kappa shape index (κ3) is 4.36. The van der Waals surface area contributed by atoms with E-state index < -0.39 is 5.91 Å². The molecule has 0 fully saturated rings. The third-order valence-electron chi connectivity index (χ3n) is 4.60. The van der Waals surface area contributed by atoms with Gasteiger partial charge < -0.3 is 19.5 Å². The highest BCUT2D eigenvalue weighted by Gasteiger charge is 2.15. The smallest absolute Gasteiger partial charge is 0.306 e. The van der Waals surface area contributed by atoms with Gasteiger partial charge in [-0.05, 0) is 24.3 Å². The Kier molecular flexibility index (Phi) is 5.59. The number of methoxy groups -OCH3 is 3. The Hall–Kier alpha value is -3.85. The minimum Gasteiger partial charge on any atom is -0.497 e. The van der Waals surface area contributed by atoms with Crippen LogP contribution in [-0.4, -0.2) is 32.2 Å². The van der Waals surface area contributed by atoms with E-state index >= 15 is 0 Å². The van der Waals surface area contributed by atoms with Crippen molar-refractivity contribution in [1.82, 2.24) is 4.98 Å².